The lowest BCUT2D eigenvalue weighted by atomic mass is 9.67. The molecule has 0 aromatic rings. The number of amides is 1. The number of rotatable bonds is 5. The fourth-order valence-corrected chi connectivity index (χ4v) is 4.03. The van der Waals surface area contributed by atoms with Gasteiger partial charge in [0.1, 0.15) is 0 Å². The van der Waals surface area contributed by atoms with Crippen molar-refractivity contribution in [2.45, 2.75) is 32.6 Å². The number of carbonyl (C=O) groups excluding carboxylic acids is 1. The first-order valence-electron chi connectivity index (χ1n) is 7.19. The lowest BCUT2D eigenvalue weighted by Gasteiger charge is -2.37. The molecular weight excluding hydrogens is 300 g/mol. The molecule has 2 rings (SSSR count). The molecule has 1 amide bonds. The number of hydrogen-bond donors (Lipinski definition) is 2. The van der Waals surface area contributed by atoms with E-state index in [2.05, 4.69) is 10.6 Å². The average Bonchev–Trinajstić information content (AvgIpc) is 2.83. The van der Waals surface area contributed by atoms with Crippen molar-refractivity contribution in [1.29, 1.82) is 0 Å². The Morgan fingerprint density at radius 3 is 2.85 bits per heavy atom. The van der Waals surface area contributed by atoms with Gasteiger partial charge in [-0.3, -0.25) is 4.79 Å². The highest BCUT2D eigenvalue weighted by atomic mass is 35.5. The van der Waals surface area contributed by atoms with E-state index < -0.39 is 9.84 Å². The molecule has 0 aromatic heterocycles. The zero-order valence-electron chi connectivity index (χ0n) is 12.0. The summed E-state index contributed by atoms with van der Waals surface area (Å²) in [5.74, 6) is 0.652. The van der Waals surface area contributed by atoms with Crippen LogP contribution in [-0.4, -0.2) is 45.5 Å². The predicted molar refractivity (Wildman–Crippen MR) is 81.8 cm³/mol. The summed E-state index contributed by atoms with van der Waals surface area (Å²) < 4.78 is 22.8. The summed E-state index contributed by atoms with van der Waals surface area (Å²) in [4.78, 5) is 12.4. The van der Waals surface area contributed by atoms with Gasteiger partial charge >= 0.3 is 0 Å². The van der Waals surface area contributed by atoms with Gasteiger partial charge in [0.15, 0.2) is 9.84 Å². The van der Waals surface area contributed by atoms with Gasteiger partial charge < -0.3 is 10.6 Å². The summed E-state index contributed by atoms with van der Waals surface area (Å²) >= 11 is 0. The van der Waals surface area contributed by atoms with Crippen LogP contribution in [-0.2, 0) is 14.6 Å². The summed E-state index contributed by atoms with van der Waals surface area (Å²) in [7, 11) is -3.00. The second-order valence-electron chi connectivity index (χ2n) is 5.72. The van der Waals surface area contributed by atoms with E-state index in [1.165, 1.54) is 6.42 Å². The Kier molecular flexibility index (Phi) is 6.28. The van der Waals surface area contributed by atoms with E-state index in [-0.39, 0.29) is 41.8 Å². The van der Waals surface area contributed by atoms with Crippen molar-refractivity contribution in [3.05, 3.63) is 0 Å². The molecular formula is C13H25ClN2O3S. The number of nitrogens with one attached hydrogen (secondary N) is 2. The molecule has 1 aliphatic carbocycles. The first kappa shape index (κ1) is 17.7. The first-order chi connectivity index (χ1) is 9.00. The maximum Gasteiger partial charge on any atom is 0.227 e. The van der Waals surface area contributed by atoms with Gasteiger partial charge in [-0.15, -0.1) is 12.4 Å². The van der Waals surface area contributed by atoms with E-state index in [1.54, 1.807) is 6.92 Å². The number of sulfone groups is 1. The summed E-state index contributed by atoms with van der Waals surface area (Å²) in [5.41, 5.74) is -0.284. The largest absolute Gasteiger partial charge is 0.355 e. The van der Waals surface area contributed by atoms with Gasteiger partial charge in [0, 0.05) is 18.8 Å². The Morgan fingerprint density at radius 1 is 1.40 bits per heavy atom. The van der Waals surface area contributed by atoms with Crippen molar-refractivity contribution in [1.82, 2.24) is 10.6 Å². The van der Waals surface area contributed by atoms with Gasteiger partial charge in [0.25, 0.3) is 0 Å². The molecule has 2 atom stereocenters. The minimum Gasteiger partial charge on any atom is -0.355 e. The zero-order chi connectivity index (χ0) is 13.9. The Morgan fingerprint density at radius 2 is 2.15 bits per heavy atom. The lowest BCUT2D eigenvalue weighted by molar-refractivity contribution is -0.133. The highest BCUT2D eigenvalue weighted by Gasteiger charge is 2.49. The molecule has 20 heavy (non-hydrogen) atoms. The molecule has 7 heteroatoms. The second kappa shape index (κ2) is 7.09. The van der Waals surface area contributed by atoms with Crippen LogP contribution in [0, 0.1) is 11.3 Å². The molecule has 2 N–H and O–H groups in total. The van der Waals surface area contributed by atoms with Crippen LogP contribution < -0.4 is 10.6 Å². The molecule has 2 aliphatic rings. The Hall–Kier alpha value is -0.330. The SMILES string of the molecule is CCS(=O)(=O)CCNC(=O)[C@@]12CCCC[C@H]1CNC2.Cl. The van der Waals surface area contributed by atoms with Crippen molar-refractivity contribution < 1.29 is 13.2 Å². The maximum absolute atomic E-state index is 12.4. The summed E-state index contributed by atoms with van der Waals surface area (Å²) in [6, 6.07) is 0. The van der Waals surface area contributed by atoms with Gasteiger partial charge in [-0.25, -0.2) is 8.42 Å². The number of halogens is 1. The van der Waals surface area contributed by atoms with E-state index in [9.17, 15) is 13.2 Å². The monoisotopic (exact) mass is 324 g/mol. The minimum absolute atomic E-state index is 0. The molecule has 1 heterocycles. The molecule has 1 saturated heterocycles. The van der Waals surface area contributed by atoms with Crippen molar-refractivity contribution in [3.8, 4) is 0 Å². The minimum atomic E-state index is -3.00. The van der Waals surface area contributed by atoms with Crippen LogP contribution >= 0.6 is 12.4 Å². The molecule has 0 aromatic carbocycles. The topological polar surface area (TPSA) is 75.3 Å². The fraction of sp³-hybridized carbons (Fsp3) is 0.923. The number of carbonyl (C=O) groups is 1. The van der Waals surface area contributed by atoms with E-state index in [0.29, 0.717) is 5.92 Å². The highest BCUT2D eigenvalue weighted by molar-refractivity contribution is 7.91. The standard InChI is InChI=1S/C13H24N2O3S.ClH/c1-2-19(17,18)8-7-15-12(16)13-6-4-3-5-11(13)9-14-10-13;/h11,14H,2-10H2,1H3,(H,15,16);1H/t11-,13+;/m0./s1. The Balaban J connectivity index is 0.00000200. The molecule has 1 saturated carbocycles. The third-order valence-corrected chi connectivity index (χ3v) is 6.33. The molecule has 118 valence electrons. The Bertz CT molecular complexity index is 441. The highest BCUT2D eigenvalue weighted by Crippen LogP contribution is 2.43. The van der Waals surface area contributed by atoms with Gasteiger partial charge in [-0.2, -0.15) is 0 Å². The van der Waals surface area contributed by atoms with Crippen molar-refractivity contribution >= 4 is 28.2 Å². The van der Waals surface area contributed by atoms with Crippen LogP contribution in [0.5, 0.6) is 0 Å². The molecule has 2 fully saturated rings. The maximum atomic E-state index is 12.4. The number of fused-ring (bicyclic) bond motifs is 1. The van der Waals surface area contributed by atoms with Gasteiger partial charge in [-0.1, -0.05) is 19.8 Å². The van der Waals surface area contributed by atoms with Crippen molar-refractivity contribution in [2.75, 3.05) is 31.1 Å². The zero-order valence-corrected chi connectivity index (χ0v) is 13.6. The van der Waals surface area contributed by atoms with Gasteiger partial charge in [-0.05, 0) is 25.3 Å². The third kappa shape index (κ3) is 3.65. The third-order valence-electron chi connectivity index (χ3n) is 4.63. The molecule has 5 nitrogen and oxygen atoms in total. The quantitative estimate of drug-likeness (QED) is 0.782. The predicted octanol–water partition coefficient (Wildman–Crippen LogP) is 0.739. The first-order valence-corrected chi connectivity index (χ1v) is 9.02. The van der Waals surface area contributed by atoms with Crippen molar-refractivity contribution in [3.63, 3.8) is 0 Å². The molecule has 0 bridgehead atoms. The van der Waals surface area contributed by atoms with E-state index in [1.807, 2.05) is 0 Å². The molecule has 0 radical (unpaired) electrons. The molecule has 0 spiro atoms. The lowest BCUT2D eigenvalue weighted by Crippen LogP contribution is -2.48. The molecule has 0 unspecified atom stereocenters. The van der Waals surface area contributed by atoms with Crippen LogP contribution in [0.1, 0.15) is 32.6 Å². The Labute approximate surface area is 127 Å². The summed E-state index contributed by atoms with van der Waals surface area (Å²) in [5, 5.41) is 6.17. The van der Waals surface area contributed by atoms with Crippen LogP contribution in [0.25, 0.3) is 0 Å². The van der Waals surface area contributed by atoms with Crippen molar-refractivity contribution in [2.24, 2.45) is 11.3 Å². The summed E-state index contributed by atoms with van der Waals surface area (Å²) in [6.45, 7) is 3.53. The van der Waals surface area contributed by atoms with Crippen LogP contribution in [0.2, 0.25) is 0 Å². The normalized spacial score (nSPS) is 29.4. The average molecular weight is 325 g/mol. The van der Waals surface area contributed by atoms with Gasteiger partial charge in [0.05, 0.1) is 11.2 Å². The molecule has 1 aliphatic heterocycles. The summed E-state index contributed by atoms with van der Waals surface area (Å²) in [6.07, 6.45) is 4.33. The number of hydrogen-bond acceptors (Lipinski definition) is 4. The van der Waals surface area contributed by atoms with Crippen LogP contribution in [0.15, 0.2) is 0 Å². The smallest absolute Gasteiger partial charge is 0.227 e. The van der Waals surface area contributed by atoms with E-state index in [4.69, 9.17) is 0 Å². The van der Waals surface area contributed by atoms with E-state index in [0.717, 1.165) is 32.4 Å². The van der Waals surface area contributed by atoms with Crippen LogP contribution in [0.3, 0.4) is 0 Å². The van der Waals surface area contributed by atoms with E-state index >= 15 is 0 Å². The second-order valence-corrected chi connectivity index (χ2v) is 8.19. The van der Waals surface area contributed by atoms with Crippen LogP contribution in [0.4, 0.5) is 0 Å². The van der Waals surface area contributed by atoms with Gasteiger partial charge in [0.2, 0.25) is 5.91 Å². The fourth-order valence-electron chi connectivity index (χ4n) is 3.33.